The third-order valence-corrected chi connectivity index (χ3v) is 4.90. The molecule has 0 saturated heterocycles. The minimum Gasteiger partial charge on any atom is -0.331 e. The summed E-state index contributed by atoms with van der Waals surface area (Å²) in [5, 5.41) is 0. The van der Waals surface area contributed by atoms with Crippen molar-refractivity contribution < 1.29 is 19.0 Å². The van der Waals surface area contributed by atoms with Crippen molar-refractivity contribution in [2.24, 2.45) is 10.9 Å². The van der Waals surface area contributed by atoms with E-state index in [2.05, 4.69) is 11.9 Å². The van der Waals surface area contributed by atoms with Crippen LogP contribution < -0.4 is 0 Å². The molecule has 1 atom stereocenters. The third-order valence-electron chi connectivity index (χ3n) is 4.90. The largest absolute Gasteiger partial charge is 0.331 e. The summed E-state index contributed by atoms with van der Waals surface area (Å²) in [4.78, 5) is 13.6. The molecular weight excluding hydrogens is 318 g/mol. The van der Waals surface area contributed by atoms with Crippen molar-refractivity contribution in [2.75, 3.05) is 27.9 Å². The Morgan fingerprint density at radius 1 is 0.800 bits per heavy atom. The summed E-state index contributed by atoms with van der Waals surface area (Å²) >= 11 is 0. The molecule has 0 aromatic heterocycles. The van der Waals surface area contributed by atoms with E-state index in [1.807, 2.05) is 0 Å². The van der Waals surface area contributed by atoms with Gasteiger partial charge in [0.1, 0.15) is 0 Å². The maximum atomic E-state index is 10.0. The van der Waals surface area contributed by atoms with E-state index >= 15 is 0 Å². The van der Waals surface area contributed by atoms with Gasteiger partial charge in [0.05, 0.1) is 6.54 Å². The van der Waals surface area contributed by atoms with Crippen LogP contribution in [0.3, 0.4) is 0 Å². The molecule has 0 amide bonds. The summed E-state index contributed by atoms with van der Waals surface area (Å²) in [7, 11) is 4.95. The van der Waals surface area contributed by atoms with E-state index in [9.17, 15) is 4.79 Å². The summed E-state index contributed by atoms with van der Waals surface area (Å²) in [6.45, 7) is 2.83. The highest BCUT2D eigenvalue weighted by Gasteiger charge is 2.39. The Morgan fingerprint density at radius 2 is 1.28 bits per heavy atom. The summed E-state index contributed by atoms with van der Waals surface area (Å²) in [6.07, 6.45) is 15.6. The lowest BCUT2D eigenvalue weighted by Gasteiger charge is -2.36. The molecule has 0 bridgehead atoms. The van der Waals surface area contributed by atoms with Crippen LogP contribution in [0, 0.1) is 5.92 Å². The van der Waals surface area contributed by atoms with E-state index in [-0.39, 0.29) is 5.92 Å². The number of unbranched alkanes of at least 4 members (excludes halogenated alkanes) is 8. The summed E-state index contributed by atoms with van der Waals surface area (Å²) in [5.74, 6) is -0.711. The predicted octanol–water partition coefficient (Wildman–Crippen LogP) is 5.23. The van der Waals surface area contributed by atoms with E-state index in [4.69, 9.17) is 14.2 Å². The van der Waals surface area contributed by atoms with Crippen molar-refractivity contribution in [1.29, 1.82) is 0 Å². The Labute approximate surface area is 154 Å². The number of aliphatic imine (C=N–C) groups is 1. The Kier molecular flexibility index (Phi) is 16.2. The zero-order valence-electron chi connectivity index (χ0n) is 16.8. The molecule has 0 rings (SSSR count). The molecule has 148 valence electrons. The molecule has 0 fully saturated rings. The Bertz CT molecular complexity index is 330. The van der Waals surface area contributed by atoms with Crippen LogP contribution in [0.25, 0.3) is 0 Å². The predicted molar refractivity (Wildman–Crippen MR) is 101 cm³/mol. The summed E-state index contributed by atoms with van der Waals surface area (Å²) in [6, 6.07) is 0. The van der Waals surface area contributed by atoms with Gasteiger partial charge in [0.2, 0.25) is 6.08 Å². The van der Waals surface area contributed by atoms with Crippen LogP contribution in [0.1, 0.15) is 84.0 Å². The van der Waals surface area contributed by atoms with Crippen LogP contribution >= 0.6 is 0 Å². The average molecular weight is 358 g/mol. The van der Waals surface area contributed by atoms with Crippen molar-refractivity contribution in [3.8, 4) is 0 Å². The van der Waals surface area contributed by atoms with Gasteiger partial charge in [-0.05, 0) is 19.3 Å². The smallest absolute Gasteiger partial charge is 0.285 e. The number of isocyanates is 1. The lowest BCUT2D eigenvalue weighted by molar-refractivity contribution is -0.380. The molecule has 5 nitrogen and oxygen atoms in total. The van der Waals surface area contributed by atoms with Crippen molar-refractivity contribution in [3.63, 3.8) is 0 Å². The van der Waals surface area contributed by atoms with Crippen molar-refractivity contribution in [1.82, 2.24) is 0 Å². The number of methoxy groups -OCH3 is 3. The number of carbonyl (C=O) groups excluding carboxylic acids is 1. The molecule has 0 aliphatic heterocycles. The first-order valence-corrected chi connectivity index (χ1v) is 9.89. The number of nitrogens with zero attached hydrogens (tertiary/aromatic N) is 1. The highest BCUT2D eigenvalue weighted by molar-refractivity contribution is 5.32. The number of rotatable bonds is 18. The molecule has 1 unspecified atom stereocenters. The zero-order chi connectivity index (χ0) is 18.8. The SMILES string of the molecule is CCCCCCCCC(CCCCCCN=C=O)C(OC)(OC)OC. The van der Waals surface area contributed by atoms with Crippen molar-refractivity contribution in [3.05, 3.63) is 0 Å². The highest BCUT2D eigenvalue weighted by atomic mass is 16.9. The Morgan fingerprint density at radius 3 is 1.76 bits per heavy atom. The first-order valence-electron chi connectivity index (χ1n) is 9.89. The second kappa shape index (κ2) is 16.7. The standard InChI is InChI=1S/C20H39NO4/c1-5-6-7-8-9-12-15-19(20(23-2,24-3)25-4)16-13-10-11-14-17-21-18-22/h19H,5-17H2,1-4H3. The van der Waals surface area contributed by atoms with E-state index < -0.39 is 5.97 Å². The maximum absolute atomic E-state index is 10.0. The molecule has 25 heavy (non-hydrogen) atoms. The molecule has 0 radical (unpaired) electrons. The van der Waals surface area contributed by atoms with Crippen molar-refractivity contribution in [2.45, 2.75) is 89.9 Å². The van der Waals surface area contributed by atoms with Gasteiger partial charge in [-0.2, -0.15) is 0 Å². The molecule has 5 heteroatoms. The normalized spacial score (nSPS) is 12.8. The van der Waals surface area contributed by atoms with Crippen molar-refractivity contribution >= 4 is 6.08 Å². The van der Waals surface area contributed by atoms with Gasteiger partial charge >= 0.3 is 0 Å². The van der Waals surface area contributed by atoms with Crippen LogP contribution in [0.4, 0.5) is 0 Å². The second-order valence-corrected chi connectivity index (χ2v) is 6.65. The molecule has 0 aliphatic rings. The van der Waals surface area contributed by atoms with Crippen LogP contribution in [-0.2, 0) is 19.0 Å². The zero-order valence-corrected chi connectivity index (χ0v) is 16.8. The van der Waals surface area contributed by atoms with E-state index in [0.717, 1.165) is 38.5 Å². The fourth-order valence-corrected chi connectivity index (χ4v) is 3.40. The Hall–Kier alpha value is -0.740. The lowest BCUT2D eigenvalue weighted by atomic mass is 9.91. The van der Waals surface area contributed by atoms with E-state index in [1.54, 1.807) is 27.4 Å². The minimum atomic E-state index is -0.939. The lowest BCUT2D eigenvalue weighted by Crippen LogP contribution is -2.44. The molecule has 0 N–H and O–H groups in total. The molecular formula is C20H39NO4. The van der Waals surface area contributed by atoms with Gasteiger partial charge in [-0.25, -0.2) is 9.79 Å². The van der Waals surface area contributed by atoms with Gasteiger partial charge < -0.3 is 14.2 Å². The number of ether oxygens (including phenoxy) is 3. The number of hydrogen-bond donors (Lipinski definition) is 0. The third kappa shape index (κ3) is 10.8. The molecule has 0 heterocycles. The first-order chi connectivity index (χ1) is 12.2. The quantitative estimate of drug-likeness (QED) is 0.146. The van der Waals surface area contributed by atoms with Gasteiger partial charge in [0, 0.05) is 27.2 Å². The van der Waals surface area contributed by atoms with Gasteiger partial charge in [-0.1, -0.05) is 64.7 Å². The van der Waals surface area contributed by atoms with Gasteiger partial charge in [0.15, 0.2) is 0 Å². The highest BCUT2D eigenvalue weighted by Crippen LogP contribution is 2.33. The Balaban J connectivity index is 4.30. The summed E-state index contributed by atoms with van der Waals surface area (Å²) < 4.78 is 16.8. The maximum Gasteiger partial charge on any atom is 0.285 e. The van der Waals surface area contributed by atoms with E-state index in [1.165, 1.54) is 38.5 Å². The summed E-state index contributed by atoms with van der Waals surface area (Å²) in [5.41, 5.74) is 0. The molecule has 0 aromatic carbocycles. The fraction of sp³-hybridized carbons (Fsp3) is 0.950. The van der Waals surface area contributed by atoms with E-state index in [0.29, 0.717) is 6.54 Å². The monoisotopic (exact) mass is 357 g/mol. The van der Waals surface area contributed by atoms with Gasteiger partial charge in [0.25, 0.3) is 5.97 Å². The van der Waals surface area contributed by atoms with Gasteiger partial charge in [-0.3, -0.25) is 0 Å². The fourth-order valence-electron chi connectivity index (χ4n) is 3.40. The molecule has 0 saturated carbocycles. The second-order valence-electron chi connectivity index (χ2n) is 6.65. The topological polar surface area (TPSA) is 57.1 Å². The van der Waals surface area contributed by atoms with Crippen LogP contribution in [-0.4, -0.2) is 39.9 Å². The van der Waals surface area contributed by atoms with Gasteiger partial charge in [-0.15, -0.1) is 0 Å². The van der Waals surface area contributed by atoms with Crippen LogP contribution in [0.5, 0.6) is 0 Å². The van der Waals surface area contributed by atoms with Crippen LogP contribution in [0.15, 0.2) is 4.99 Å². The first kappa shape index (κ1) is 24.3. The molecule has 0 spiro atoms. The van der Waals surface area contributed by atoms with Crippen LogP contribution in [0.2, 0.25) is 0 Å². The molecule has 0 aromatic rings. The average Bonchev–Trinajstić information content (AvgIpc) is 2.64. The number of hydrogen-bond acceptors (Lipinski definition) is 5. The molecule has 0 aliphatic carbocycles. The minimum absolute atomic E-state index is 0.228.